The second kappa shape index (κ2) is 9.25. The molecule has 0 bridgehead atoms. The summed E-state index contributed by atoms with van der Waals surface area (Å²) < 4.78 is 5.53. The van der Waals surface area contributed by atoms with Crippen LogP contribution in [0.5, 0.6) is 5.75 Å². The van der Waals surface area contributed by atoms with Gasteiger partial charge in [0, 0.05) is 10.6 Å². The molecule has 2 rings (SSSR count). The summed E-state index contributed by atoms with van der Waals surface area (Å²) in [5.74, 6) is -0.122. The van der Waals surface area contributed by atoms with Crippen molar-refractivity contribution in [1.82, 2.24) is 5.32 Å². The molecule has 0 heterocycles. The van der Waals surface area contributed by atoms with Crippen LogP contribution in [-0.4, -0.2) is 24.5 Å². The summed E-state index contributed by atoms with van der Waals surface area (Å²) in [4.78, 5) is 25.2. The van der Waals surface area contributed by atoms with Crippen molar-refractivity contribution in [2.75, 3.05) is 11.9 Å². The molecule has 6 heteroatoms. The Bertz CT molecular complexity index is 760. The van der Waals surface area contributed by atoms with Crippen LogP contribution in [0.3, 0.4) is 0 Å². The summed E-state index contributed by atoms with van der Waals surface area (Å²) in [6.45, 7) is 6.12. The van der Waals surface area contributed by atoms with Gasteiger partial charge in [0.05, 0.1) is 12.3 Å². The number of anilines is 1. The number of hydrogen-bond donors (Lipinski definition) is 2. The Morgan fingerprint density at radius 1 is 1.08 bits per heavy atom. The largest absolute Gasteiger partial charge is 0.492 e. The Kier molecular flexibility index (Phi) is 7.04. The second-order valence-corrected chi connectivity index (χ2v) is 6.56. The number of para-hydroxylation sites is 2. The molecule has 1 atom stereocenters. The monoisotopic (exact) mass is 374 g/mol. The topological polar surface area (TPSA) is 67.4 Å². The Morgan fingerprint density at radius 3 is 2.35 bits per heavy atom. The highest BCUT2D eigenvalue weighted by Crippen LogP contribution is 2.24. The highest BCUT2D eigenvalue weighted by atomic mass is 35.5. The molecule has 0 unspecified atom stereocenters. The van der Waals surface area contributed by atoms with Gasteiger partial charge in [-0.05, 0) is 49.2 Å². The van der Waals surface area contributed by atoms with Crippen LogP contribution in [0.15, 0.2) is 48.5 Å². The predicted octanol–water partition coefficient (Wildman–Crippen LogP) is 4.13. The molecule has 2 aromatic rings. The van der Waals surface area contributed by atoms with Gasteiger partial charge in [-0.3, -0.25) is 9.59 Å². The Balaban J connectivity index is 2.12. The molecular formula is C20H23ClN2O3. The molecule has 2 aromatic carbocycles. The lowest BCUT2D eigenvalue weighted by atomic mass is 10.0. The predicted molar refractivity (Wildman–Crippen MR) is 104 cm³/mol. The van der Waals surface area contributed by atoms with Gasteiger partial charge >= 0.3 is 0 Å². The van der Waals surface area contributed by atoms with Crippen molar-refractivity contribution in [2.45, 2.75) is 26.8 Å². The average molecular weight is 375 g/mol. The van der Waals surface area contributed by atoms with Crippen molar-refractivity contribution in [3.05, 3.63) is 59.1 Å². The third kappa shape index (κ3) is 5.23. The van der Waals surface area contributed by atoms with Crippen molar-refractivity contribution < 1.29 is 14.3 Å². The SMILES string of the molecule is CCOc1ccccc1NC(=O)[C@@H](NC(=O)c1ccc(Cl)cc1)C(C)C. The second-order valence-electron chi connectivity index (χ2n) is 6.12. The molecule has 0 aromatic heterocycles. The number of nitrogens with one attached hydrogen (secondary N) is 2. The number of benzene rings is 2. The first kappa shape index (κ1) is 19.8. The maximum Gasteiger partial charge on any atom is 0.251 e. The number of hydrogen-bond acceptors (Lipinski definition) is 3. The lowest BCUT2D eigenvalue weighted by Gasteiger charge is -2.22. The Hall–Kier alpha value is -2.53. The lowest BCUT2D eigenvalue weighted by molar-refractivity contribution is -0.118. The number of amides is 2. The van der Waals surface area contributed by atoms with Crippen molar-refractivity contribution in [3.8, 4) is 5.75 Å². The van der Waals surface area contributed by atoms with Crippen LogP contribution in [-0.2, 0) is 4.79 Å². The number of rotatable bonds is 7. The van der Waals surface area contributed by atoms with Crippen LogP contribution >= 0.6 is 11.6 Å². The van der Waals surface area contributed by atoms with Gasteiger partial charge in [-0.15, -0.1) is 0 Å². The average Bonchev–Trinajstić information content (AvgIpc) is 2.61. The van der Waals surface area contributed by atoms with Crippen LogP contribution in [0.2, 0.25) is 5.02 Å². The van der Waals surface area contributed by atoms with Crippen LogP contribution in [0.4, 0.5) is 5.69 Å². The highest BCUT2D eigenvalue weighted by Gasteiger charge is 2.25. The summed E-state index contributed by atoms with van der Waals surface area (Å²) in [6, 6.07) is 13.0. The van der Waals surface area contributed by atoms with E-state index in [0.29, 0.717) is 28.6 Å². The van der Waals surface area contributed by atoms with Crippen LogP contribution in [0, 0.1) is 5.92 Å². The van der Waals surface area contributed by atoms with E-state index in [2.05, 4.69) is 10.6 Å². The van der Waals surface area contributed by atoms with Crippen LogP contribution in [0.1, 0.15) is 31.1 Å². The van der Waals surface area contributed by atoms with Gasteiger partial charge in [0.2, 0.25) is 5.91 Å². The fraction of sp³-hybridized carbons (Fsp3) is 0.300. The molecule has 0 aliphatic rings. The van der Waals surface area contributed by atoms with Crippen LogP contribution < -0.4 is 15.4 Å². The van der Waals surface area contributed by atoms with Crippen LogP contribution in [0.25, 0.3) is 0 Å². The van der Waals surface area contributed by atoms with E-state index in [1.165, 1.54) is 0 Å². The minimum absolute atomic E-state index is 0.0921. The number of ether oxygens (including phenoxy) is 1. The van der Waals surface area contributed by atoms with E-state index in [1.807, 2.05) is 32.9 Å². The zero-order chi connectivity index (χ0) is 19.1. The van der Waals surface area contributed by atoms with Gasteiger partial charge < -0.3 is 15.4 Å². The van der Waals surface area contributed by atoms with E-state index in [4.69, 9.17) is 16.3 Å². The van der Waals surface area contributed by atoms with E-state index >= 15 is 0 Å². The van der Waals surface area contributed by atoms with Crippen molar-refractivity contribution in [2.24, 2.45) is 5.92 Å². The first-order chi connectivity index (χ1) is 12.4. The summed E-state index contributed by atoms with van der Waals surface area (Å²) in [7, 11) is 0. The zero-order valence-corrected chi connectivity index (χ0v) is 15.8. The van der Waals surface area contributed by atoms with Crippen molar-refractivity contribution >= 4 is 29.1 Å². The molecule has 0 radical (unpaired) electrons. The lowest BCUT2D eigenvalue weighted by Crippen LogP contribution is -2.47. The summed E-state index contributed by atoms with van der Waals surface area (Å²) in [5.41, 5.74) is 1.02. The molecule has 26 heavy (non-hydrogen) atoms. The zero-order valence-electron chi connectivity index (χ0n) is 15.1. The minimum atomic E-state index is -0.687. The molecule has 0 spiro atoms. The minimum Gasteiger partial charge on any atom is -0.492 e. The molecule has 138 valence electrons. The van der Waals surface area contributed by atoms with Gasteiger partial charge in [0.25, 0.3) is 5.91 Å². The quantitative estimate of drug-likeness (QED) is 0.765. The van der Waals surface area contributed by atoms with Gasteiger partial charge in [-0.25, -0.2) is 0 Å². The molecule has 0 fully saturated rings. The van der Waals surface area contributed by atoms with E-state index in [9.17, 15) is 9.59 Å². The molecule has 0 saturated heterocycles. The maximum atomic E-state index is 12.7. The molecule has 0 aliphatic heterocycles. The fourth-order valence-electron chi connectivity index (χ4n) is 2.42. The smallest absolute Gasteiger partial charge is 0.251 e. The fourth-order valence-corrected chi connectivity index (χ4v) is 2.55. The van der Waals surface area contributed by atoms with Crippen molar-refractivity contribution in [1.29, 1.82) is 0 Å². The molecule has 0 saturated carbocycles. The van der Waals surface area contributed by atoms with Gasteiger partial charge in [-0.1, -0.05) is 37.6 Å². The first-order valence-corrected chi connectivity index (χ1v) is 8.89. The highest BCUT2D eigenvalue weighted by molar-refractivity contribution is 6.30. The molecular weight excluding hydrogens is 352 g/mol. The molecule has 2 N–H and O–H groups in total. The summed E-state index contributed by atoms with van der Waals surface area (Å²) in [6.07, 6.45) is 0. The Morgan fingerprint density at radius 2 is 1.73 bits per heavy atom. The standard InChI is InChI=1S/C20H23ClN2O3/c1-4-26-17-8-6-5-7-16(17)22-20(25)18(13(2)3)23-19(24)14-9-11-15(21)12-10-14/h5-13,18H,4H2,1-3H3,(H,22,25)(H,23,24)/t18-/m0/s1. The number of carbonyl (C=O) groups excluding carboxylic acids is 2. The van der Waals surface area contributed by atoms with E-state index in [1.54, 1.807) is 36.4 Å². The summed E-state index contributed by atoms with van der Waals surface area (Å²) >= 11 is 5.85. The van der Waals surface area contributed by atoms with E-state index < -0.39 is 6.04 Å². The van der Waals surface area contributed by atoms with Gasteiger partial charge in [0.15, 0.2) is 0 Å². The van der Waals surface area contributed by atoms with Gasteiger partial charge in [0.1, 0.15) is 11.8 Å². The third-order valence-electron chi connectivity index (χ3n) is 3.79. The third-order valence-corrected chi connectivity index (χ3v) is 4.04. The first-order valence-electron chi connectivity index (χ1n) is 8.51. The molecule has 5 nitrogen and oxygen atoms in total. The Labute approximate surface area is 158 Å². The summed E-state index contributed by atoms with van der Waals surface area (Å²) in [5, 5.41) is 6.18. The van der Waals surface area contributed by atoms with Gasteiger partial charge in [-0.2, -0.15) is 0 Å². The molecule has 2 amide bonds. The molecule has 0 aliphatic carbocycles. The normalized spacial score (nSPS) is 11.7. The number of halogens is 1. The number of carbonyl (C=O) groups is 2. The van der Waals surface area contributed by atoms with Crippen molar-refractivity contribution in [3.63, 3.8) is 0 Å². The van der Waals surface area contributed by atoms with E-state index in [-0.39, 0.29) is 17.7 Å². The van der Waals surface area contributed by atoms with E-state index in [0.717, 1.165) is 0 Å². The maximum absolute atomic E-state index is 12.7.